The summed E-state index contributed by atoms with van der Waals surface area (Å²) in [5.74, 6) is -0.258. The van der Waals surface area contributed by atoms with Crippen LogP contribution in [0.5, 0.6) is 5.75 Å². The van der Waals surface area contributed by atoms with Crippen LogP contribution >= 0.6 is 0 Å². The second-order valence-electron chi connectivity index (χ2n) is 8.70. The Labute approximate surface area is 207 Å². The van der Waals surface area contributed by atoms with E-state index >= 15 is 0 Å². The van der Waals surface area contributed by atoms with Crippen LogP contribution in [-0.2, 0) is 17.8 Å². The van der Waals surface area contributed by atoms with Crippen LogP contribution in [0.4, 0.5) is 18.9 Å². The number of benzene rings is 3. The SMILES string of the molecule is FC(F)(F)Oc1cccc(-c2cccc3ccc(CNc4cccc(CN5CCOCC5)c4)nc23)c1. The third-order valence-electron chi connectivity index (χ3n) is 6.07. The number of pyridine rings is 1. The first-order valence-electron chi connectivity index (χ1n) is 11.8. The van der Waals surface area contributed by atoms with Crippen LogP contribution in [0.3, 0.4) is 0 Å². The van der Waals surface area contributed by atoms with Gasteiger partial charge in [-0.15, -0.1) is 13.2 Å². The lowest BCUT2D eigenvalue weighted by atomic mass is 10.0. The fraction of sp³-hybridized carbons (Fsp3) is 0.250. The molecule has 5 nitrogen and oxygen atoms in total. The van der Waals surface area contributed by atoms with Gasteiger partial charge in [0.05, 0.1) is 31.0 Å². The molecule has 8 heteroatoms. The van der Waals surface area contributed by atoms with E-state index in [0.29, 0.717) is 12.1 Å². The van der Waals surface area contributed by atoms with Gasteiger partial charge in [-0.25, -0.2) is 0 Å². The van der Waals surface area contributed by atoms with Crippen LogP contribution in [0.25, 0.3) is 22.0 Å². The van der Waals surface area contributed by atoms with E-state index in [1.54, 1.807) is 12.1 Å². The number of para-hydroxylation sites is 1. The Balaban J connectivity index is 1.34. The zero-order valence-corrected chi connectivity index (χ0v) is 19.6. The molecule has 1 fully saturated rings. The molecule has 2 heterocycles. The highest BCUT2D eigenvalue weighted by atomic mass is 19.4. The molecular weight excluding hydrogens is 467 g/mol. The molecule has 0 radical (unpaired) electrons. The Hall–Kier alpha value is -3.62. The highest BCUT2D eigenvalue weighted by molar-refractivity contribution is 5.93. The third kappa shape index (κ3) is 6.13. The van der Waals surface area contributed by atoms with E-state index in [2.05, 4.69) is 27.1 Å². The molecule has 1 aromatic heterocycles. The molecule has 5 rings (SSSR count). The summed E-state index contributed by atoms with van der Waals surface area (Å²) in [6.07, 6.45) is -4.74. The summed E-state index contributed by atoms with van der Waals surface area (Å²) in [4.78, 5) is 7.22. The minimum Gasteiger partial charge on any atom is -0.406 e. The molecule has 1 saturated heterocycles. The van der Waals surface area contributed by atoms with Gasteiger partial charge in [-0.05, 0) is 41.5 Å². The number of anilines is 1. The van der Waals surface area contributed by atoms with Gasteiger partial charge in [-0.2, -0.15) is 0 Å². The van der Waals surface area contributed by atoms with Crippen LogP contribution in [-0.4, -0.2) is 42.5 Å². The van der Waals surface area contributed by atoms with Gasteiger partial charge in [0.15, 0.2) is 0 Å². The maximum atomic E-state index is 12.7. The van der Waals surface area contributed by atoms with Crippen LogP contribution in [0, 0.1) is 0 Å². The van der Waals surface area contributed by atoms with Gasteiger partial charge in [0.25, 0.3) is 0 Å². The van der Waals surface area contributed by atoms with Gasteiger partial charge in [-0.1, -0.05) is 48.5 Å². The lowest BCUT2D eigenvalue weighted by molar-refractivity contribution is -0.274. The second-order valence-corrected chi connectivity index (χ2v) is 8.70. The largest absolute Gasteiger partial charge is 0.573 e. The van der Waals surface area contributed by atoms with Gasteiger partial charge < -0.3 is 14.8 Å². The van der Waals surface area contributed by atoms with Crippen LogP contribution in [0.1, 0.15) is 11.3 Å². The van der Waals surface area contributed by atoms with E-state index in [4.69, 9.17) is 9.72 Å². The van der Waals surface area contributed by atoms with Crippen molar-refractivity contribution in [3.63, 3.8) is 0 Å². The number of hydrogen-bond acceptors (Lipinski definition) is 5. The third-order valence-corrected chi connectivity index (χ3v) is 6.07. The minimum atomic E-state index is -4.74. The molecule has 0 saturated carbocycles. The summed E-state index contributed by atoms with van der Waals surface area (Å²) in [5, 5.41) is 4.35. The molecule has 0 spiro atoms. The molecule has 3 aromatic carbocycles. The predicted octanol–water partition coefficient (Wildman–Crippen LogP) is 6.24. The molecule has 1 N–H and O–H groups in total. The normalized spacial score (nSPS) is 14.6. The Kier molecular flexibility index (Phi) is 7.06. The first-order chi connectivity index (χ1) is 17.4. The number of nitrogens with zero attached hydrogens (tertiary/aromatic N) is 2. The standard InChI is InChI=1S/C28H26F3N3O2/c29-28(30,31)36-25-8-2-6-22(17-25)26-9-3-5-21-10-11-24(33-27(21)26)18-32-23-7-1-4-20(16-23)19-34-12-14-35-15-13-34/h1-11,16-17,32H,12-15,18-19H2. The number of ether oxygens (including phenoxy) is 2. The molecule has 4 aromatic rings. The molecule has 36 heavy (non-hydrogen) atoms. The van der Waals surface area contributed by atoms with Gasteiger partial charge in [0.1, 0.15) is 5.75 Å². The summed E-state index contributed by atoms with van der Waals surface area (Å²) < 4.78 is 47.6. The summed E-state index contributed by atoms with van der Waals surface area (Å²) in [6.45, 7) is 4.81. The van der Waals surface area contributed by atoms with E-state index in [0.717, 1.165) is 60.7 Å². The Morgan fingerprint density at radius 2 is 1.72 bits per heavy atom. The predicted molar refractivity (Wildman–Crippen MR) is 134 cm³/mol. The smallest absolute Gasteiger partial charge is 0.406 e. The van der Waals surface area contributed by atoms with Crippen molar-refractivity contribution in [1.82, 2.24) is 9.88 Å². The van der Waals surface area contributed by atoms with Crippen LogP contribution in [0.2, 0.25) is 0 Å². The number of hydrogen-bond donors (Lipinski definition) is 1. The fourth-order valence-corrected chi connectivity index (χ4v) is 4.37. The van der Waals surface area contributed by atoms with Crippen molar-refractivity contribution in [2.75, 3.05) is 31.6 Å². The fourth-order valence-electron chi connectivity index (χ4n) is 4.37. The van der Waals surface area contributed by atoms with E-state index in [9.17, 15) is 13.2 Å². The molecule has 1 aliphatic rings. The van der Waals surface area contributed by atoms with Crippen LogP contribution < -0.4 is 10.1 Å². The highest BCUT2D eigenvalue weighted by Crippen LogP contribution is 2.32. The monoisotopic (exact) mass is 493 g/mol. The lowest BCUT2D eigenvalue weighted by Crippen LogP contribution is -2.35. The number of rotatable bonds is 7. The molecule has 0 aliphatic carbocycles. The van der Waals surface area contributed by atoms with E-state index in [1.165, 1.54) is 17.7 Å². The highest BCUT2D eigenvalue weighted by Gasteiger charge is 2.31. The van der Waals surface area contributed by atoms with Crippen molar-refractivity contribution < 1.29 is 22.6 Å². The van der Waals surface area contributed by atoms with Gasteiger partial charge in [0.2, 0.25) is 0 Å². The van der Waals surface area contributed by atoms with Crippen molar-refractivity contribution in [1.29, 1.82) is 0 Å². The van der Waals surface area contributed by atoms with E-state index in [1.807, 2.05) is 42.5 Å². The number of halogens is 3. The first kappa shape index (κ1) is 24.1. The number of morpholine rings is 1. The van der Waals surface area contributed by atoms with Crippen LogP contribution in [0.15, 0.2) is 78.9 Å². The van der Waals surface area contributed by atoms with Gasteiger partial charge >= 0.3 is 6.36 Å². The summed E-state index contributed by atoms with van der Waals surface area (Å²) >= 11 is 0. The minimum absolute atomic E-state index is 0.258. The Morgan fingerprint density at radius 3 is 2.56 bits per heavy atom. The van der Waals surface area contributed by atoms with Crippen molar-refractivity contribution in [2.24, 2.45) is 0 Å². The quantitative estimate of drug-likeness (QED) is 0.330. The molecule has 0 bridgehead atoms. The number of nitrogens with one attached hydrogen (secondary N) is 1. The zero-order chi connectivity index (χ0) is 25.0. The second kappa shape index (κ2) is 10.6. The summed E-state index contributed by atoms with van der Waals surface area (Å²) in [6, 6.07) is 23.9. The average Bonchev–Trinajstić information content (AvgIpc) is 2.87. The Morgan fingerprint density at radius 1 is 0.917 bits per heavy atom. The molecule has 0 atom stereocenters. The summed E-state index contributed by atoms with van der Waals surface area (Å²) in [7, 11) is 0. The average molecular weight is 494 g/mol. The lowest BCUT2D eigenvalue weighted by Gasteiger charge is -2.26. The molecule has 186 valence electrons. The topological polar surface area (TPSA) is 46.6 Å². The molecular formula is C28H26F3N3O2. The molecule has 0 unspecified atom stereocenters. The molecule has 1 aliphatic heterocycles. The van der Waals surface area contributed by atoms with Gasteiger partial charge in [0, 0.05) is 36.3 Å². The maximum absolute atomic E-state index is 12.7. The van der Waals surface area contributed by atoms with Crippen molar-refractivity contribution in [3.8, 4) is 16.9 Å². The number of alkyl halides is 3. The Bertz CT molecular complexity index is 1340. The molecule has 0 amide bonds. The number of fused-ring (bicyclic) bond motifs is 1. The number of aromatic nitrogens is 1. The van der Waals surface area contributed by atoms with E-state index in [-0.39, 0.29) is 5.75 Å². The van der Waals surface area contributed by atoms with E-state index < -0.39 is 6.36 Å². The maximum Gasteiger partial charge on any atom is 0.573 e. The first-order valence-corrected chi connectivity index (χ1v) is 11.8. The van der Waals surface area contributed by atoms with Crippen molar-refractivity contribution >= 4 is 16.6 Å². The van der Waals surface area contributed by atoms with Crippen molar-refractivity contribution in [2.45, 2.75) is 19.5 Å². The summed E-state index contributed by atoms with van der Waals surface area (Å²) in [5.41, 5.74) is 5.15. The van der Waals surface area contributed by atoms with Gasteiger partial charge in [-0.3, -0.25) is 9.88 Å². The van der Waals surface area contributed by atoms with Crippen molar-refractivity contribution in [3.05, 3.63) is 90.1 Å². The zero-order valence-electron chi connectivity index (χ0n) is 19.6.